The van der Waals surface area contributed by atoms with Crippen molar-refractivity contribution in [2.45, 2.75) is 19.5 Å². The first-order valence-electron chi connectivity index (χ1n) is 4.55. The van der Waals surface area contributed by atoms with Crippen LogP contribution in [0.25, 0.3) is 0 Å². The minimum absolute atomic E-state index is 0.287. The highest BCUT2D eigenvalue weighted by Gasteiger charge is 2.14. The maximum absolute atomic E-state index is 4.21. The number of rotatable bonds is 2. The molecule has 0 fully saturated rings. The summed E-state index contributed by atoms with van der Waals surface area (Å²) in [7, 11) is 0. The van der Waals surface area contributed by atoms with Gasteiger partial charge in [0.1, 0.15) is 6.17 Å². The van der Waals surface area contributed by atoms with Gasteiger partial charge in [0.15, 0.2) is 5.84 Å². The molecule has 0 aliphatic carbocycles. The molecule has 3 nitrogen and oxygen atoms in total. The van der Waals surface area contributed by atoms with Crippen molar-refractivity contribution in [3.63, 3.8) is 0 Å². The molecule has 3 heteroatoms. The summed E-state index contributed by atoms with van der Waals surface area (Å²) in [5, 5.41) is 7.51. The lowest BCUT2D eigenvalue weighted by atomic mass is 10.2. The third-order valence-corrected chi connectivity index (χ3v) is 2.10. The second kappa shape index (κ2) is 3.47. The van der Waals surface area contributed by atoms with Crippen molar-refractivity contribution in [3.8, 4) is 0 Å². The zero-order valence-electron chi connectivity index (χ0n) is 7.62. The van der Waals surface area contributed by atoms with E-state index in [-0.39, 0.29) is 6.17 Å². The molecule has 13 heavy (non-hydrogen) atoms. The highest BCUT2D eigenvalue weighted by molar-refractivity contribution is 5.99. The Hall–Kier alpha value is -1.51. The minimum atomic E-state index is 0.287. The zero-order valence-corrected chi connectivity index (χ0v) is 7.62. The SMILES string of the molecule is CCC1NN=C(c2ccccc2)N1. The van der Waals surface area contributed by atoms with Crippen molar-refractivity contribution in [2.75, 3.05) is 0 Å². The fourth-order valence-corrected chi connectivity index (χ4v) is 1.31. The largest absolute Gasteiger partial charge is 0.347 e. The van der Waals surface area contributed by atoms with Crippen LogP contribution in [0.1, 0.15) is 18.9 Å². The Kier molecular flexibility index (Phi) is 2.17. The van der Waals surface area contributed by atoms with E-state index in [0.29, 0.717) is 0 Å². The molecule has 1 aliphatic rings. The van der Waals surface area contributed by atoms with Gasteiger partial charge >= 0.3 is 0 Å². The molecular formula is C10H13N3. The molecule has 1 aromatic rings. The van der Waals surface area contributed by atoms with E-state index in [9.17, 15) is 0 Å². The molecule has 1 aliphatic heterocycles. The van der Waals surface area contributed by atoms with Crippen LogP contribution in [-0.4, -0.2) is 12.0 Å². The summed E-state index contributed by atoms with van der Waals surface area (Å²) in [6, 6.07) is 10.1. The lowest BCUT2D eigenvalue weighted by Crippen LogP contribution is -2.34. The van der Waals surface area contributed by atoms with E-state index in [0.717, 1.165) is 17.8 Å². The van der Waals surface area contributed by atoms with Crippen molar-refractivity contribution < 1.29 is 0 Å². The normalized spacial score (nSPS) is 20.4. The molecule has 1 heterocycles. The predicted octanol–water partition coefficient (Wildman–Crippen LogP) is 1.28. The van der Waals surface area contributed by atoms with E-state index in [2.05, 4.69) is 22.8 Å². The Morgan fingerprint density at radius 2 is 2.08 bits per heavy atom. The number of benzene rings is 1. The van der Waals surface area contributed by atoms with E-state index in [1.165, 1.54) is 0 Å². The first-order chi connectivity index (χ1) is 6.40. The maximum atomic E-state index is 4.21. The summed E-state index contributed by atoms with van der Waals surface area (Å²) < 4.78 is 0. The molecular weight excluding hydrogens is 162 g/mol. The maximum Gasteiger partial charge on any atom is 0.154 e. The van der Waals surface area contributed by atoms with Crippen LogP contribution in [-0.2, 0) is 0 Å². The van der Waals surface area contributed by atoms with Crippen LogP contribution in [0, 0.1) is 0 Å². The van der Waals surface area contributed by atoms with E-state index in [1.54, 1.807) is 0 Å². The van der Waals surface area contributed by atoms with Crippen LogP contribution in [0.4, 0.5) is 0 Å². The number of nitrogens with one attached hydrogen (secondary N) is 2. The fraction of sp³-hybridized carbons (Fsp3) is 0.300. The van der Waals surface area contributed by atoms with Gasteiger partial charge in [0.2, 0.25) is 0 Å². The lowest BCUT2D eigenvalue weighted by Gasteiger charge is -2.07. The standard InChI is InChI=1S/C10H13N3/c1-2-9-11-10(13-12-9)8-6-4-3-5-7-8/h3-7,9,12H,2H2,1H3,(H,11,13). The van der Waals surface area contributed by atoms with Crippen LogP contribution < -0.4 is 10.7 Å². The van der Waals surface area contributed by atoms with Crippen LogP contribution in [0.5, 0.6) is 0 Å². The quantitative estimate of drug-likeness (QED) is 0.710. The van der Waals surface area contributed by atoms with Crippen LogP contribution in [0.15, 0.2) is 35.4 Å². The van der Waals surface area contributed by atoms with Gasteiger partial charge in [0, 0.05) is 5.56 Å². The molecule has 1 unspecified atom stereocenters. The molecule has 0 aromatic heterocycles. The van der Waals surface area contributed by atoms with E-state index < -0.39 is 0 Å². The highest BCUT2D eigenvalue weighted by Crippen LogP contribution is 2.04. The van der Waals surface area contributed by atoms with Crippen LogP contribution in [0.3, 0.4) is 0 Å². The van der Waals surface area contributed by atoms with Gasteiger partial charge in [-0.05, 0) is 6.42 Å². The van der Waals surface area contributed by atoms with Gasteiger partial charge in [-0.25, -0.2) is 0 Å². The van der Waals surface area contributed by atoms with Gasteiger partial charge in [0.25, 0.3) is 0 Å². The van der Waals surface area contributed by atoms with Gasteiger partial charge in [-0.3, -0.25) is 5.43 Å². The van der Waals surface area contributed by atoms with Gasteiger partial charge in [-0.15, -0.1) is 0 Å². The molecule has 0 amide bonds. The van der Waals surface area contributed by atoms with Gasteiger partial charge in [0.05, 0.1) is 0 Å². The minimum Gasteiger partial charge on any atom is -0.347 e. The monoisotopic (exact) mass is 175 g/mol. The molecule has 2 N–H and O–H groups in total. The van der Waals surface area contributed by atoms with E-state index in [1.807, 2.05) is 30.3 Å². The lowest BCUT2D eigenvalue weighted by molar-refractivity contribution is 0.528. The van der Waals surface area contributed by atoms with Crippen molar-refractivity contribution in [2.24, 2.45) is 5.10 Å². The smallest absolute Gasteiger partial charge is 0.154 e. The first-order valence-corrected chi connectivity index (χ1v) is 4.55. The van der Waals surface area contributed by atoms with Crippen molar-refractivity contribution in [1.29, 1.82) is 0 Å². The van der Waals surface area contributed by atoms with Crippen LogP contribution in [0.2, 0.25) is 0 Å². The molecule has 2 rings (SSSR count). The number of hydrazone groups is 1. The summed E-state index contributed by atoms with van der Waals surface area (Å²) in [5.41, 5.74) is 4.16. The summed E-state index contributed by atoms with van der Waals surface area (Å²) in [5.74, 6) is 0.937. The summed E-state index contributed by atoms with van der Waals surface area (Å²) in [6.07, 6.45) is 1.31. The van der Waals surface area contributed by atoms with Crippen molar-refractivity contribution >= 4 is 5.84 Å². The second-order valence-electron chi connectivity index (χ2n) is 3.06. The average molecular weight is 175 g/mol. The zero-order chi connectivity index (χ0) is 9.10. The second-order valence-corrected chi connectivity index (χ2v) is 3.06. The molecule has 1 atom stereocenters. The molecule has 1 aromatic carbocycles. The van der Waals surface area contributed by atoms with Gasteiger partial charge < -0.3 is 5.32 Å². The molecule has 0 saturated heterocycles. The number of hydrogen-bond acceptors (Lipinski definition) is 3. The summed E-state index contributed by atoms with van der Waals surface area (Å²) in [4.78, 5) is 0. The summed E-state index contributed by atoms with van der Waals surface area (Å²) in [6.45, 7) is 2.12. The van der Waals surface area contributed by atoms with E-state index in [4.69, 9.17) is 0 Å². The molecule has 0 radical (unpaired) electrons. The molecule has 68 valence electrons. The van der Waals surface area contributed by atoms with Crippen LogP contribution >= 0.6 is 0 Å². The fourth-order valence-electron chi connectivity index (χ4n) is 1.31. The number of amidine groups is 1. The Morgan fingerprint density at radius 3 is 2.69 bits per heavy atom. The van der Waals surface area contributed by atoms with Gasteiger partial charge in [-0.1, -0.05) is 37.3 Å². The predicted molar refractivity (Wildman–Crippen MR) is 53.3 cm³/mol. The third kappa shape index (κ3) is 1.64. The Morgan fingerprint density at radius 1 is 1.31 bits per heavy atom. The Balaban J connectivity index is 2.12. The molecule has 0 saturated carbocycles. The Bertz CT molecular complexity index is 305. The third-order valence-electron chi connectivity index (χ3n) is 2.10. The Labute approximate surface area is 77.9 Å². The molecule has 0 spiro atoms. The number of hydrogen-bond donors (Lipinski definition) is 2. The number of nitrogens with zero attached hydrogens (tertiary/aromatic N) is 1. The molecule has 0 bridgehead atoms. The van der Waals surface area contributed by atoms with Gasteiger partial charge in [-0.2, -0.15) is 5.10 Å². The first kappa shape index (κ1) is 8.10. The summed E-state index contributed by atoms with van der Waals surface area (Å²) >= 11 is 0. The topological polar surface area (TPSA) is 36.4 Å². The highest BCUT2D eigenvalue weighted by atomic mass is 15.4. The van der Waals surface area contributed by atoms with E-state index >= 15 is 0 Å². The average Bonchev–Trinajstić information content (AvgIpc) is 2.67. The van der Waals surface area contributed by atoms with Crippen molar-refractivity contribution in [3.05, 3.63) is 35.9 Å². The van der Waals surface area contributed by atoms with Crippen molar-refractivity contribution in [1.82, 2.24) is 10.7 Å².